The minimum atomic E-state index is -0.198. The molecule has 0 saturated carbocycles. The molecule has 2 aromatic carbocycles. The third-order valence-corrected chi connectivity index (χ3v) is 6.18. The van der Waals surface area contributed by atoms with Gasteiger partial charge in [-0.1, -0.05) is 29.8 Å². The molecule has 29 heavy (non-hydrogen) atoms. The Hall–Kier alpha value is -2.82. The van der Waals surface area contributed by atoms with Crippen molar-refractivity contribution in [2.45, 2.75) is 25.7 Å². The van der Waals surface area contributed by atoms with Gasteiger partial charge in [0, 0.05) is 37.7 Å². The number of nitrogens with zero attached hydrogens (tertiary/aromatic N) is 2. The van der Waals surface area contributed by atoms with Gasteiger partial charge in [0.1, 0.15) is 5.75 Å². The first kappa shape index (κ1) is 19.5. The maximum Gasteiger partial charge on any atom is 0.253 e. The average molecular weight is 392 g/mol. The molecular weight excluding hydrogens is 364 g/mol. The predicted molar refractivity (Wildman–Crippen MR) is 112 cm³/mol. The standard InChI is InChI=1S/C24H28N2O3/c1-17-5-7-19(8-6-17)23(27)26-15-21(18-9-11-20(29-2)12-10-18)22(16-26)24(28)25-13-3-4-14-25/h5-12,21-22H,3-4,13-16H2,1-2H3. The second-order valence-corrected chi connectivity index (χ2v) is 8.09. The zero-order valence-electron chi connectivity index (χ0n) is 17.1. The maximum absolute atomic E-state index is 13.3. The fourth-order valence-electron chi connectivity index (χ4n) is 4.46. The largest absolute Gasteiger partial charge is 0.497 e. The van der Waals surface area contributed by atoms with E-state index in [0.717, 1.165) is 42.8 Å². The van der Waals surface area contributed by atoms with Crippen molar-refractivity contribution in [1.29, 1.82) is 0 Å². The minimum absolute atomic E-state index is 0.000216. The van der Waals surface area contributed by atoms with Gasteiger partial charge in [0.25, 0.3) is 5.91 Å². The van der Waals surface area contributed by atoms with E-state index in [-0.39, 0.29) is 23.7 Å². The highest BCUT2D eigenvalue weighted by atomic mass is 16.5. The summed E-state index contributed by atoms with van der Waals surface area (Å²) in [6.07, 6.45) is 2.13. The Labute approximate surface area is 172 Å². The van der Waals surface area contributed by atoms with E-state index >= 15 is 0 Å². The molecule has 0 radical (unpaired) electrons. The van der Waals surface area contributed by atoms with Crippen LogP contribution >= 0.6 is 0 Å². The van der Waals surface area contributed by atoms with Crippen LogP contribution in [0.15, 0.2) is 48.5 Å². The van der Waals surface area contributed by atoms with Crippen LogP contribution in [-0.4, -0.2) is 54.9 Å². The molecule has 152 valence electrons. The highest BCUT2D eigenvalue weighted by Gasteiger charge is 2.42. The highest BCUT2D eigenvalue weighted by molar-refractivity contribution is 5.95. The number of carbonyl (C=O) groups is 2. The lowest BCUT2D eigenvalue weighted by Crippen LogP contribution is -2.37. The molecule has 5 heteroatoms. The fraction of sp³-hybridized carbons (Fsp3) is 0.417. The molecule has 2 heterocycles. The number of carbonyl (C=O) groups excluding carboxylic acids is 2. The van der Waals surface area contributed by atoms with Crippen molar-refractivity contribution in [3.8, 4) is 5.75 Å². The van der Waals surface area contributed by atoms with Crippen LogP contribution in [0.25, 0.3) is 0 Å². The third-order valence-electron chi connectivity index (χ3n) is 6.18. The zero-order chi connectivity index (χ0) is 20.4. The number of aryl methyl sites for hydroxylation is 1. The summed E-state index contributed by atoms with van der Waals surface area (Å²) in [7, 11) is 1.65. The molecule has 2 atom stereocenters. The summed E-state index contributed by atoms with van der Waals surface area (Å²) in [5.74, 6) is 0.781. The molecule has 2 aromatic rings. The molecule has 5 nitrogen and oxygen atoms in total. The third kappa shape index (κ3) is 4.00. The molecule has 0 spiro atoms. The van der Waals surface area contributed by atoms with E-state index in [9.17, 15) is 9.59 Å². The van der Waals surface area contributed by atoms with Crippen LogP contribution in [0, 0.1) is 12.8 Å². The van der Waals surface area contributed by atoms with Crippen LogP contribution in [0.2, 0.25) is 0 Å². The minimum Gasteiger partial charge on any atom is -0.497 e. The van der Waals surface area contributed by atoms with Gasteiger partial charge in [-0.3, -0.25) is 9.59 Å². The second-order valence-electron chi connectivity index (χ2n) is 8.09. The highest BCUT2D eigenvalue weighted by Crippen LogP contribution is 2.36. The Morgan fingerprint density at radius 2 is 1.55 bits per heavy atom. The van der Waals surface area contributed by atoms with Gasteiger partial charge in [0.2, 0.25) is 5.91 Å². The van der Waals surface area contributed by atoms with Crippen LogP contribution in [0.1, 0.15) is 40.2 Å². The van der Waals surface area contributed by atoms with E-state index in [0.29, 0.717) is 18.7 Å². The molecule has 2 unspecified atom stereocenters. The van der Waals surface area contributed by atoms with Gasteiger partial charge >= 0.3 is 0 Å². The van der Waals surface area contributed by atoms with Gasteiger partial charge in [-0.05, 0) is 49.6 Å². The predicted octanol–water partition coefficient (Wildman–Crippen LogP) is 3.48. The average Bonchev–Trinajstić information content (AvgIpc) is 3.44. The first-order valence-electron chi connectivity index (χ1n) is 10.4. The van der Waals surface area contributed by atoms with Crippen molar-refractivity contribution >= 4 is 11.8 Å². The van der Waals surface area contributed by atoms with E-state index in [4.69, 9.17) is 4.74 Å². The number of rotatable bonds is 4. The van der Waals surface area contributed by atoms with E-state index in [1.54, 1.807) is 7.11 Å². The molecule has 2 aliphatic heterocycles. The van der Waals surface area contributed by atoms with Crippen molar-refractivity contribution in [1.82, 2.24) is 9.80 Å². The number of ether oxygens (including phenoxy) is 1. The van der Waals surface area contributed by atoms with Gasteiger partial charge in [-0.2, -0.15) is 0 Å². The molecular formula is C24H28N2O3. The summed E-state index contributed by atoms with van der Waals surface area (Å²) in [5.41, 5.74) is 2.89. The number of likely N-dealkylation sites (tertiary alicyclic amines) is 2. The molecule has 4 rings (SSSR count). The SMILES string of the molecule is COc1ccc(C2CN(C(=O)c3ccc(C)cc3)CC2C(=O)N2CCCC2)cc1. The Morgan fingerprint density at radius 1 is 0.897 bits per heavy atom. The quantitative estimate of drug-likeness (QED) is 0.800. The first-order valence-corrected chi connectivity index (χ1v) is 10.4. The molecule has 2 saturated heterocycles. The number of hydrogen-bond donors (Lipinski definition) is 0. The zero-order valence-corrected chi connectivity index (χ0v) is 17.1. The summed E-state index contributed by atoms with van der Waals surface area (Å²) < 4.78 is 5.27. The Kier molecular flexibility index (Phi) is 5.56. The normalized spacial score (nSPS) is 21.4. The maximum atomic E-state index is 13.3. The van der Waals surface area contributed by atoms with Gasteiger partial charge < -0.3 is 14.5 Å². The van der Waals surface area contributed by atoms with Crippen LogP contribution in [-0.2, 0) is 4.79 Å². The van der Waals surface area contributed by atoms with Crippen molar-refractivity contribution in [3.63, 3.8) is 0 Å². The summed E-state index contributed by atoms with van der Waals surface area (Å²) in [4.78, 5) is 30.2. The molecule has 2 aliphatic rings. The van der Waals surface area contributed by atoms with E-state index in [2.05, 4.69) is 0 Å². The lowest BCUT2D eigenvalue weighted by Gasteiger charge is -2.24. The number of amides is 2. The number of hydrogen-bond acceptors (Lipinski definition) is 3. The Morgan fingerprint density at radius 3 is 2.17 bits per heavy atom. The van der Waals surface area contributed by atoms with Gasteiger partial charge in [-0.25, -0.2) is 0 Å². The number of benzene rings is 2. The molecule has 2 fully saturated rings. The summed E-state index contributed by atoms with van der Waals surface area (Å²) in [5, 5.41) is 0. The number of methoxy groups -OCH3 is 1. The topological polar surface area (TPSA) is 49.9 Å². The summed E-state index contributed by atoms with van der Waals surface area (Å²) >= 11 is 0. The van der Waals surface area contributed by atoms with E-state index < -0.39 is 0 Å². The van der Waals surface area contributed by atoms with Gasteiger partial charge in [0.05, 0.1) is 13.0 Å². The lowest BCUT2D eigenvalue weighted by atomic mass is 9.88. The van der Waals surface area contributed by atoms with E-state index in [1.807, 2.05) is 65.3 Å². The van der Waals surface area contributed by atoms with Crippen LogP contribution in [0.3, 0.4) is 0 Å². The van der Waals surface area contributed by atoms with Crippen molar-refractivity contribution < 1.29 is 14.3 Å². The molecule has 0 aliphatic carbocycles. The second kappa shape index (κ2) is 8.27. The van der Waals surface area contributed by atoms with Gasteiger partial charge in [0.15, 0.2) is 0 Å². The Balaban J connectivity index is 1.60. The lowest BCUT2D eigenvalue weighted by molar-refractivity contribution is -0.134. The van der Waals surface area contributed by atoms with E-state index in [1.165, 1.54) is 0 Å². The molecule has 2 amide bonds. The van der Waals surface area contributed by atoms with Gasteiger partial charge in [-0.15, -0.1) is 0 Å². The smallest absolute Gasteiger partial charge is 0.253 e. The first-order chi connectivity index (χ1) is 14.1. The fourth-order valence-corrected chi connectivity index (χ4v) is 4.46. The summed E-state index contributed by atoms with van der Waals surface area (Å²) in [6.45, 7) is 4.70. The monoisotopic (exact) mass is 392 g/mol. The van der Waals surface area contributed by atoms with Crippen molar-refractivity contribution in [2.75, 3.05) is 33.3 Å². The van der Waals surface area contributed by atoms with Crippen LogP contribution in [0.5, 0.6) is 5.75 Å². The Bertz CT molecular complexity index is 870. The molecule has 0 aromatic heterocycles. The summed E-state index contributed by atoms with van der Waals surface area (Å²) in [6, 6.07) is 15.6. The molecule has 0 bridgehead atoms. The van der Waals surface area contributed by atoms with Crippen LogP contribution in [0.4, 0.5) is 0 Å². The van der Waals surface area contributed by atoms with Crippen molar-refractivity contribution in [3.05, 3.63) is 65.2 Å². The van der Waals surface area contributed by atoms with Crippen molar-refractivity contribution in [2.24, 2.45) is 5.92 Å². The molecule has 0 N–H and O–H groups in total. The van der Waals surface area contributed by atoms with Crippen LogP contribution < -0.4 is 4.74 Å².